The molecule has 3 aromatic carbocycles. The third-order valence-corrected chi connectivity index (χ3v) is 12.3. The van der Waals surface area contributed by atoms with Crippen LogP contribution in [0, 0.1) is 17.6 Å². The van der Waals surface area contributed by atoms with Crippen LogP contribution in [-0.4, -0.2) is 57.2 Å². The number of methoxy groups -OCH3 is 1. The van der Waals surface area contributed by atoms with E-state index in [-0.39, 0.29) is 11.3 Å². The molecule has 1 N–H and O–H groups in total. The highest BCUT2D eigenvalue weighted by atomic mass is 127. The summed E-state index contributed by atoms with van der Waals surface area (Å²) >= 11 is 6.90. The van der Waals surface area contributed by atoms with Gasteiger partial charge in [0.25, 0.3) is 5.91 Å². The van der Waals surface area contributed by atoms with E-state index < -0.39 is 0 Å². The van der Waals surface area contributed by atoms with Crippen molar-refractivity contribution in [2.45, 2.75) is 13.3 Å². The molecule has 1 saturated heterocycles. The van der Waals surface area contributed by atoms with Crippen molar-refractivity contribution in [2.24, 2.45) is 0 Å². The van der Waals surface area contributed by atoms with Gasteiger partial charge in [-0.3, -0.25) is 14.5 Å². The molecule has 2 heterocycles. The van der Waals surface area contributed by atoms with Gasteiger partial charge in [-0.15, -0.1) is 0 Å². The zero-order valence-corrected chi connectivity index (χ0v) is 29.3. The molecule has 0 saturated carbocycles. The second kappa shape index (κ2) is 13.6. The van der Waals surface area contributed by atoms with Crippen molar-refractivity contribution in [3.8, 4) is 17.1 Å². The summed E-state index contributed by atoms with van der Waals surface area (Å²) in [5.41, 5.74) is 3.08. The minimum Gasteiger partial charge on any atom is -0.495 e. The summed E-state index contributed by atoms with van der Waals surface area (Å²) in [6.45, 7) is 7.00. The largest absolute Gasteiger partial charge is 0.495 e. The highest BCUT2D eigenvalue weighted by molar-refractivity contribution is 14.1. The second-order valence-electron chi connectivity index (χ2n) is 9.93. The molecular formula is C31H30I3N3O4. The lowest BCUT2D eigenvalue weighted by molar-refractivity contribution is 0.0952. The number of rotatable bonds is 8. The van der Waals surface area contributed by atoms with E-state index in [0.29, 0.717) is 34.4 Å². The van der Waals surface area contributed by atoms with E-state index in [1.54, 1.807) is 32.2 Å². The number of amides is 1. The fourth-order valence-corrected chi connectivity index (χ4v) is 7.23. The number of carbonyl (C=O) groups is 1. The Kier molecular flexibility index (Phi) is 10.1. The number of fused-ring (bicyclic) bond motifs is 1. The van der Waals surface area contributed by atoms with Gasteiger partial charge in [0.2, 0.25) is 0 Å². The molecule has 1 aromatic heterocycles. The van der Waals surface area contributed by atoms with Crippen molar-refractivity contribution in [1.29, 1.82) is 0 Å². The molecule has 0 radical (unpaired) electrons. The number of nitrogens with zero attached hydrogens (tertiary/aromatic N) is 2. The highest BCUT2D eigenvalue weighted by Gasteiger charge is 2.21. The van der Waals surface area contributed by atoms with Crippen LogP contribution >= 0.6 is 67.8 Å². The van der Waals surface area contributed by atoms with Gasteiger partial charge in [0.1, 0.15) is 11.5 Å². The maximum Gasteiger partial charge on any atom is 0.255 e. The Morgan fingerprint density at radius 3 is 2.41 bits per heavy atom. The number of hydrogen-bond acceptors (Lipinski definition) is 6. The highest BCUT2D eigenvalue weighted by Crippen LogP contribution is 2.32. The fraction of sp³-hybridized carbons (Fsp3) is 0.290. The maximum atomic E-state index is 13.3. The van der Waals surface area contributed by atoms with E-state index in [1.807, 2.05) is 30.3 Å². The lowest BCUT2D eigenvalue weighted by Gasteiger charge is -2.36. The van der Waals surface area contributed by atoms with Gasteiger partial charge in [-0.25, -0.2) is 0 Å². The van der Waals surface area contributed by atoms with Crippen LogP contribution < -0.4 is 20.4 Å². The Labute approximate surface area is 280 Å². The summed E-state index contributed by atoms with van der Waals surface area (Å²) in [7, 11) is 1.71. The summed E-state index contributed by atoms with van der Waals surface area (Å²) in [5, 5.41) is 3.46. The first-order valence-electron chi connectivity index (χ1n) is 13.4. The van der Waals surface area contributed by atoms with Gasteiger partial charge in [0.15, 0.2) is 11.0 Å². The second-order valence-corrected chi connectivity index (χ2v) is 13.3. The molecule has 0 aliphatic carbocycles. The van der Waals surface area contributed by atoms with Crippen LogP contribution in [0.25, 0.3) is 22.3 Å². The average molecular weight is 889 g/mol. The molecule has 7 nitrogen and oxygen atoms in total. The number of piperazine rings is 1. The Morgan fingerprint density at radius 2 is 1.71 bits per heavy atom. The van der Waals surface area contributed by atoms with E-state index in [2.05, 4.69) is 89.0 Å². The fourth-order valence-electron chi connectivity index (χ4n) is 5.15. The standard InChI is InChI=1S/C31H30I3N3O4/c1-19-28(38)21-7-5-8-22(30(21)41-29(19)20-17-23(32)27(34)24(33)18-20)31(39)35-11-6-12-36-13-15-37(16-14-36)25-9-3-4-10-26(25)40-2/h3-5,7-10,17-18H,6,11-16H2,1-2H3,(H,35,39). The van der Waals surface area contributed by atoms with Crippen LogP contribution in [0.3, 0.4) is 0 Å². The number of anilines is 1. The Morgan fingerprint density at radius 1 is 1.00 bits per heavy atom. The number of benzene rings is 3. The van der Waals surface area contributed by atoms with Crippen LogP contribution in [0.4, 0.5) is 5.69 Å². The summed E-state index contributed by atoms with van der Waals surface area (Å²) < 4.78 is 15.2. The summed E-state index contributed by atoms with van der Waals surface area (Å²) in [4.78, 5) is 31.3. The van der Waals surface area contributed by atoms with Crippen LogP contribution in [0.5, 0.6) is 5.75 Å². The normalized spacial score (nSPS) is 13.9. The lowest BCUT2D eigenvalue weighted by Crippen LogP contribution is -2.47. The van der Waals surface area contributed by atoms with E-state index in [0.717, 1.165) is 66.9 Å². The monoisotopic (exact) mass is 889 g/mol. The van der Waals surface area contributed by atoms with Gasteiger partial charge in [-0.2, -0.15) is 0 Å². The van der Waals surface area contributed by atoms with Crippen LogP contribution in [0.1, 0.15) is 22.3 Å². The number of halogens is 3. The molecule has 4 aromatic rings. The van der Waals surface area contributed by atoms with Crippen LogP contribution in [-0.2, 0) is 0 Å². The smallest absolute Gasteiger partial charge is 0.255 e. The minimum atomic E-state index is -0.235. The number of hydrogen-bond donors (Lipinski definition) is 1. The third-order valence-electron chi connectivity index (χ3n) is 7.37. The minimum absolute atomic E-state index is 0.119. The topological polar surface area (TPSA) is 75.0 Å². The van der Waals surface area contributed by atoms with Crippen LogP contribution in [0.15, 0.2) is 63.8 Å². The quantitative estimate of drug-likeness (QED) is 0.123. The predicted octanol–water partition coefficient (Wildman–Crippen LogP) is 6.53. The molecule has 0 spiro atoms. The Balaban J connectivity index is 1.24. The first kappa shape index (κ1) is 30.5. The van der Waals surface area contributed by atoms with Crippen LogP contribution in [0.2, 0.25) is 0 Å². The molecule has 214 valence electrons. The van der Waals surface area contributed by atoms with Crippen molar-refractivity contribution in [2.75, 3.05) is 51.3 Å². The Bertz CT molecular complexity index is 1620. The predicted molar refractivity (Wildman–Crippen MR) is 189 cm³/mol. The summed E-state index contributed by atoms with van der Waals surface area (Å²) in [5.74, 6) is 1.17. The van der Waals surface area contributed by atoms with Crippen molar-refractivity contribution in [1.82, 2.24) is 10.2 Å². The molecule has 10 heteroatoms. The molecule has 1 amide bonds. The molecule has 1 aliphatic rings. The number of carbonyl (C=O) groups excluding carboxylic acids is 1. The molecule has 1 fully saturated rings. The first-order chi connectivity index (χ1) is 19.8. The third kappa shape index (κ3) is 6.69. The van der Waals surface area contributed by atoms with Gasteiger partial charge >= 0.3 is 0 Å². The average Bonchev–Trinajstić information content (AvgIpc) is 2.99. The molecule has 0 unspecified atom stereocenters. The Hall–Kier alpha value is -1.91. The van der Waals surface area contributed by atoms with Gasteiger partial charge < -0.3 is 19.4 Å². The van der Waals surface area contributed by atoms with Crippen molar-refractivity contribution < 1.29 is 13.9 Å². The van der Waals surface area contributed by atoms with Gasteiger partial charge in [-0.1, -0.05) is 18.2 Å². The van der Waals surface area contributed by atoms with Gasteiger partial charge in [0, 0.05) is 54.6 Å². The lowest BCUT2D eigenvalue weighted by atomic mass is 10.0. The van der Waals surface area contributed by atoms with Crippen molar-refractivity contribution >= 4 is 90.3 Å². The van der Waals surface area contributed by atoms with E-state index in [1.165, 1.54) is 0 Å². The van der Waals surface area contributed by atoms with Crippen molar-refractivity contribution in [3.05, 3.63) is 86.7 Å². The zero-order valence-electron chi connectivity index (χ0n) is 22.8. The summed E-state index contributed by atoms with van der Waals surface area (Å²) in [6, 6.07) is 17.3. The number of ether oxygens (including phenoxy) is 1. The van der Waals surface area contributed by atoms with E-state index >= 15 is 0 Å². The maximum absolute atomic E-state index is 13.3. The molecular weight excluding hydrogens is 859 g/mol. The molecule has 0 bridgehead atoms. The molecule has 5 rings (SSSR count). The van der Waals surface area contributed by atoms with Crippen molar-refractivity contribution in [3.63, 3.8) is 0 Å². The molecule has 41 heavy (non-hydrogen) atoms. The van der Waals surface area contributed by atoms with Gasteiger partial charge in [-0.05, 0) is 124 Å². The number of para-hydroxylation sites is 3. The first-order valence-corrected chi connectivity index (χ1v) is 16.6. The molecule has 0 atom stereocenters. The van der Waals surface area contributed by atoms with E-state index in [9.17, 15) is 9.59 Å². The van der Waals surface area contributed by atoms with Gasteiger partial charge in [0.05, 0.1) is 23.7 Å². The summed E-state index contributed by atoms with van der Waals surface area (Å²) in [6.07, 6.45) is 0.832. The number of nitrogens with one attached hydrogen (secondary N) is 1. The molecule has 1 aliphatic heterocycles. The zero-order chi connectivity index (χ0) is 29.1. The van der Waals surface area contributed by atoms with E-state index in [4.69, 9.17) is 9.15 Å². The SMILES string of the molecule is COc1ccccc1N1CCN(CCCNC(=O)c2cccc3c(=O)c(C)c(-c4cc(I)c(I)c(I)c4)oc23)CC1.